The van der Waals surface area contributed by atoms with Gasteiger partial charge in [-0.1, -0.05) is 0 Å². The van der Waals surface area contributed by atoms with Gasteiger partial charge >= 0.3 is 0 Å². The second-order valence-corrected chi connectivity index (χ2v) is 3.65. The van der Waals surface area contributed by atoms with Crippen LogP contribution < -0.4 is 19.5 Å². The van der Waals surface area contributed by atoms with E-state index in [9.17, 15) is 0 Å². The zero-order valence-corrected chi connectivity index (χ0v) is 10.9. The van der Waals surface area contributed by atoms with E-state index in [1.807, 2.05) is 19.2 Å². The van der Waals surface area contributed by atoms with E-state index in [0.717, 1.165) is 16.6 Å². The highest BCUT2D eigenvalue weighted by atomic mass is 16.5. The van der Waals surface area contributed by atoms with E-state index in [1.54, 1.807) is 27.5 Å². The predicted octanol–water partition coefficient (Wildman–Crippen LogP) is 2.30. The summed E-state index contributed by atoms with van der Waals surface area (Å²) in [4.78, 5) is 4.33. The molecule has 0 spiro atoms. The van der Waals surface area contributed by atoms with Crippen molar-refractivity contribution in [3.63, 3.8) is 0 Å². The quantitative estimate of drug-likeness (QED) is 0.899. The van der Waals surface area contributed by atoms with Crippen molar-refractivity contribution in [2.24, 2.45) is 0 Å². The average molecular weight is 248 g/mol. The van der Waals surface area contributed by atoms with E-state index in [0.29, 0.717) is 17.2 Å². The number of rotatable bonds is 4. The third-order valence-corrected chi connectivity index (χ3v) is 2.80. The van der Waals surface area contributed by atoms with Crippen LogP contribution in [0.3, 0.4) is 0 Å². The first kappa shape index (κ1) is 12.3. The summed E-state index contributed by atoms with van der Waals surface area (Å²) in [6.07, 6.45) is 1.74. The number of methoxy groups -OCH3 is 3. The fourth-order valence-corrected chi connectivity index (χ4v) is 1.99. The molecule has 0 aliphatic carbocycles. The molecule has 0 unspecified atom stereocenters. The fraction of sp³-hybridized carbons (Fsp3) is 0.308. The van der Waals surface area contributed by atoms with Crippen LogP contribution in [0.5, 0.6) is 17.2 Å². The predicted molar refractivity (Wildman–Crippen MR) is 70.9 cm³/mol. The number of aromatic nitrogens is 1. The van der Waals surface area contributed by atoms with Gasteiger partial charge in [-0.3, -0.25) is 4.98 Å². The number of hydrogen-bond donors (Lipinski definition) is 1. The highest BCUT2D eigenvalue weighted by molar-refractivity contribution is 5.99. The summed E-state index contributed by atoms with van der Waals surface area (Å²) < 4.78 is 16.1. The molecule has 0 radical (unpaired) electrons. The lowest BCUT2D eigenvalue weighted by atomic mass is 10.1. The molecule has 0 fully saturated rings. The zero-order valence-electron chi connectivity index (χ0n) is 10.9. The largest absolute Gasteiger partial charge is 0.493 e. The minimum absolute atomic E-state index is 0.567. The molecule has 96 valence electrons. The highest BCUT2D eigenvalue weighted by Crippen LogP contribution is 2.45. The molecular weight excluding hydrogens is 232 g/mol. The Hall–Kier alpha value is -2.17. The number of nitrogens with zero attached hydrogens (tertiary/aromatic N) is 1. The lowest BCUT2D eigenvalue weighted by Gasteiger charge is -2.16. The van der Waals surface area contributed by atoms with Gasteiger partial charge in [-0.25, -0.2) is 0 Å². The molecule has 2 rings (SSSR count). The molecule has 0 amide bonds. The van der Waals surface area contributed by atoms with Crippen LogP contribution in [0.15, 0.2) is 18.3 Å². The molecule has 0 aliphatic rings. The Morgan fingerprint density at radius 2 is 1.78 bits per heavy atom. The molecule has 1 heterocycles. The molecule has 2 aromatic rings. The number of ether oxygens (including phenoxy) is 3. The standard InChI is InChI=1S/C13H16N2O3/c1-14-8-5-6-15-9-7-10(16-2)12(17-3)13(18-4)11(8)9/h5-7H,1-4H3,(H,14,15). The summed E-state index contributed by atoms with van der Waals surface area (Å²) in [5, 5.41) is 3.99. The Kier molecular flexibility index (Phi) is 3.41. The molecule has 5 heteroatoms. The van der Waals surface area contributed by atoms with Gasteiger partial charge in [-0.2, -0.15) is 0 Å². The minimum atomic E-state index is 0.567. The molecule has 0 saturated carbocycles. The topological polar surface area (TPSA) is 52.6 Å². The molecule has 1 aromatic heterocycles. The van der Waals surface area contributed by atoms with Gasteiger partial charge in [-0.15, -0.1) is 0 Å². The fourth-order valence-electron chi connectivity index (χ4n) is 1.99. The zero-order chi connectivity index (χ0) is 13.1. The van der Waals surface area contributed by atoms with Crippen molar-refractivity contribution >= 4 is 16.6 Å². The summed E-state index contributed by atoms with van der Waals surface area (Å²) in [5.74, 6) is 1.78. The van der Waals surface area contributed by atoms with Gasteiger partial charge in [-0.05, 0) is 6.07 Å². The SMILES string of the molecule is CNc1ccnc2cc(OC)c(OC)c(OC)c12. The van der Waals surface area contributed by atoms with E-state index in [2.05, 4.69) is 10.3 Å². The normalized spacial score (nSPS) is 10.2. The van der Waals surface area contributed by atoms with E-state index < -0.39 is 0 Å². The number of hydrogen-bond acceptors (Lipinski definition) is 5. The number of benzene rings is 1. The van der Waals surface area contributed by atoms with Crippen LogP contribution >= 0.6 is 0 Å². The summed E-state index contributed by atoms with van der Waals surface area (Å²) in [6, 6.07) is 3.72. The van der Waals surface area contributed by atoms with Crippen LogP contribution in [0.2, 0.25) is 0 Å². The molecule has 1 N–H and O–H groups in total. The first-order valence-electron chi connectivity index (χ1n) is 5.52. The molecule has 18 heavy (non-hydrogen) atoms. The van der Waals surface area contributed by atoms with E-state index in [-0.39, 0.29) is 0 Å². The van der Waals surface area contributed by atoms with Crippen molar-refractivity contribution in [1.29, 1.82) is 0 Å². The van der Waals surface area contributed by atoms with Crippen LogP contribution in [0.4, 0.5) is 5.69 Å². The van der Waals surface area contributed by atoms with Crippen LogP contribution in [0.25, 0.3) is 10.9 Å². The van der Waals surface area contributed by atoms with Crippen LogP contribution in [-0.4, -0.2) is 33.4 Å². The smallest absolute Gasteiger partial charge is 0.204 e. The number of anilines is 1. The Morgan fingerprint density at radius 3 is 2.33 bits per heavy atom. The van der Waals surface area contributed by atoms with Crippen molar-refractivity contribution in [2.75, 3.05) is 33.7 Å². The molecule has 5 nitrogen and oxygen atoms in total. The first-order valence-corrected chi connectivity index (χ1v) is 5.52. The van der Waals surface area contributed by atoms with Crippen molar-refractivity contribution in [2.45, 2.75) is 0 Å². The maximum Gasteiger partial charge on any atom is 0.204 e. The van der Waals surface area contributed by atoms with Gasteiger partial charge in [0.1, 0.15) is 0 Å². The number of pyridine rings is 1. The van der Waals surface area contributed by atoms with Gasteiger partial charge in [0, 0.05) is 25.0 Å². The molecule has 0 bridgehead atoms. The summed E-state index contributed by atoms with van der Waals surface area (Å²) in [6.45, 7) is 0. The Labute approximate surface area is 106 Å². The number of nitrogens with one attached hydrogen (secondary N) is 1. The molecule has 0 atom stereocenters. The maximum absolute atomic E-state index is 5.45. The Bertz CT molecular complexity index is 570. The second kappa shape index (κ2) is 5.00. The van der Waals surface area contributed by atoms with Gasteiger partial charge in [0.05, 0.1) is 32.2 Å². The summed E-state index contributed by atoms with van der Waals surface area (Å²) in [7, 11) is 6.63. The van der Waals surface area contributed by atoms with Crippen molar-refractivity contribution in [1.82, 2.24) is 4.98 Å². The monoisotopic (exact) mass is 248 g/mol. The second-order valence-electron chi connectivity index (χ2n) is 3.65. The maximum atomic E-state index is 5.45. The van der Waals surface area contributed by atoms with Gasteiger partial charge in [0.15, 0.2) is 11.5 Å². The summed E-state index contributed by atoms with van der Waals surface area (Å²) in [5.41, 5.74) is 1.72. The Morgan fingerprint density at radius 1 is 1.06 bits per heavy atom. The van der Waals surface area contributed by atoms with Crippen LogP contribution in [-0.2, 0) is 0 Å². The molecular formula is C13H16N2O3. The first-order chi connectivity index (χ1) is 8.76. The highest BCUT2D eigenvalue weighted by Gasteiger charge is 2.18. The third-order valence-electron chi connectivity index (χ3n) is 2.80. The van der Waals surface area contributed by atoms with E-state index >= 15 is 0 Å². The lowest BCUT2D eigenvalue weighted by Crippen LogP contribution is -1.99. The van der Waals surface area contributed by atoms with Gasteiger partial charge in [0.25, 0.3) is 0 Å². The van der Waals surface area contributed by atoms with Crippen molar-refractivity contribution < 1.29 is 14.2 Å². The van der Waals surface area contributed by atoms with E-state index in [4.69, 9.17) is 14.2 Å². The van der Waals surface area contributed by atoms with Crippen molar-refractivity contribution in [3.8, 4) is 17.2 Å². The van der Waals surface area contributed by atoms with Crippen molar-refractivity contribution in [3.05, 3.63) is 18.3 Å². The molecule has 1 aromatic carbocycles. The number of fused-ring (bicyclic) bond motifs is 1. The van der Waals surface area contributed by atoms with E-state index in [1.165, 1.54) is 0 Å². The lowest BCUT2D eigenvalue weighted by molar-refractivity contribution is 0.327. The molecule has 0 saturated heterocycles. The van der Waals surface area contributed by atoms with Crippen LogP contribution in [0, 0.1) is 0 Å². The summed E-state index contributed by atoms with van der Waals surface area (Å²) >= 11 is 0. The minimum Gasteiger partial charge on any atom is -0.493 e. The Balaban J connectivity index is 2.88. The third kappa shape index (κ3) is 1.77. The van der Waals surface area contributed by atoms with Gasteiger partial charge < -0.3 is 19.5 Å². The van der Waals surface area contributed by atoms with Gasteiger partial charge in [0.2, 0.25) is 5.75 Å². The van der Waals surface area contributed by atoms with Crippen LogP contribution in [0.1, 0.15) is 0 Å². The average Bonchev–Trinajstić information content (AvgIpc) is 2.43. The molecule has 0 aliphatic heterocycles.